The normalized spacial score (nSPS) is 12.7. The van der Waals surface area contributed by atoms with Gasteiger partial charge in [0.1, 0.15) is 6.04 Å². The summed E-state index contributed by atoms with van der Waals surface area (Å²) < 4.78 is 2.71. The third-order valence-corrected chi connectivity index (χ3v) is 3.57. The van der Waals surface area contributed by atoms with Crippen molar-refractivity contribution >= 4 is 15.9 Å². The summed E-state index contributed by atoms with van der Waals surface area (Å²) in [7, 11) is 1.89. The molecule has 0 fully saturated rings. The molecule has 2 aromatic rings. The van der Waals surface area contributed by atoms with Crippen molar-refractivity contribution in [2.45, 2.75) is 19.4 Å². The van der Waals surface area contributed by atoms with E-state index in [4.69, 9.17) is 5.84 Å². The Morgan fingerprint density at radius 2 is 2.33 bits per heavy atom. The third kappa shape index (κ3) is 2.31. The molecule has 3 N–H and O–H groups in total. The molecule has 0 saturated carbocycles. The lowest BCUT2D eigenvalue weighted by Crippen LogP contribution is -2.32. The second-order valence-electron chi connectivity index (χ2n) is 4.00. The number of aryl methyl sites for hydroxylation is 2. The first-order chi connectivity index (χ1) is 8.69. The van der Waals surface area contributed by atoms with Crippen LogP contribution in [0.4, 0.5) is 0 Å². The Labute approximate surface area is 115 Å². The van der Waals surface area contributed by atoms with E-state index in [0.29, 0.717) is 0 Å². The quantitative estimate of drug-likeness (QED) is 0.666. The minimum Gasteiger partial charge on any atom is -0.270 e. The number of aromatic nitrogens is 3. The van der Waals surface area contributed by atoms with Crippen LogP contribution in [0.25, 0.3) is 0 Å². The fourth-order valence-electron chi connectivity index (χ4n) is 2.04. The summed E-state index contributed by atoms with van der Waals surface area (Å²) in [6, 6.07) is 3.83. The highest BCUT2D eigenvalue weighted by Crippen LogP contribution is 2.28. The Kier molecular flexibility index (Phi) is 4.11. The first-order valence-corrected chi connectivity index (χ1v) is 6.55. The number of hydrazine groups is 1. The van der Waals surface area contributed by atoms with Crippen molar-refractivity contribution in [3.05, 3.63) is 46.0 Å². The van der Waals surface area contributed by atoms with E-state index in [1.807, 2.05) is 13.1 Å². The zero-order valence-electron chi connectivity index (χ0n) is 10.4. The van der Waals surface area contributed by atoms with E-state index < -0.39 is 0 Å². The first-order valence-electron chi connectivity index (χ1n) is 5.76. The van der Waals surface area contributed by atoms with Crippen LogP contribution in [0, 0.1) is 0 Å². The molecule has 96 valence electrons. The second kappa shape index (κ2) is 5.60. The summed E-state index contributed by atoms with van der Waals surface area (Å²) in [6.45, 7) is 2.10. The highest BCUT2D eigenvalue weighted by atomic mass is 79.9. The molecule has 0 aliphatic heterocycles. The summed E-state index contributed by atoms with van der Waals surface area (Å²) in [5.41, 5.74) is 5.90. The summed E-state index contributed by atoms with van der Waals surface area (Å²) in [5.74, 6) is 5.71. The van der Waals surface area contributed by atoms with Crippen molar-refractivity contribution in [1.29, 1.82) is 0 Å². The first kappa shape index (κ1) is 13.2. The molecule has 6 heteroatoms. The molecule has 1 atom stereocenters. The maximum atomic E-state index is 5.71. The van der Waals surface area contributed by atoms with E-state index in [0.717, 1.165) is 22.3 Å². The van der Waals surface area contributed by atoms with Gasteiger partial charge in [0.25, 0.3) is 0 Å². The number of hydrogen-bond acceptors (Lipinski definition) is 4. The maximum absolute atomic E-state index is 5.71. The predicted octanol–water partition coefficient (Wildman–Crippen LogP) is 1.69. The highest BCUT2D eigenvalue weighted by Gasteiger charge is 2.22. The monoisotopic (exact) mass is 309 g/mol. The van der Waals surface area contributed by atoms with Crippen LogP contribution in [-0.2, 0) is 13.5 Å². The van der Waals surface area contributed by atoms with Crippen molar-refractivity contribution in [1.82, 2.24) is 20.2 Å². The van der Waals surface area contributed by atoms with E-state index in [-0.39, 0.29) is 6.04 Å². The highest BCUT2D eigenvalue weighted by molar-refractivity contribution is 9.10. The molecule has 0 aromatic carbocycles. The van der Waals surface area contributed by atoms with Crippen molar-refractivity contribution in [3.63, 3.8) is 0 Å². The average Bonchev–Trinajstić information content (AvgIpc) is 2.72. The molecule has 2 heterocycles. The van der Waals surface area contributed by atoms with E-state index in [1.165, 1.54) is 5.56 Å². The van der Waals surface area contributed by atoms with Gasteiger partial charge in [-0.15, -0.1) is 0 Å². The Bertz CT molecular complexity index is 518. The molecule has 0 aliphatic rings. The Hall–Kier alpha value is -1.24. The molecule has 5 nitrogen and oxygen atoms in total. The van der Waals surface area contributed by atoms with Gasteiger partial charge in [0.2, 0.25) is 0 Å². The van der Waals surface area contributed by atoms with Crippen LogP contribution in [0.2, 0.25) is 0 Å². The molecule has 2 rings (SSSR count). The third-order valence-electron chi connectivity index (χ3n) is 2.96. The van der Waals surface area contributed by atoms with Gasteiger partial charge in [0.05, 0.1) is 22.1 Å². The van der Waals surface area contributed by atoms with Gasteiger partial charge < -0.3 is 0 Å². The second-order valence-corrected chi connectivity index (χ2v) is 4.86. The molecular weight excluding hydrogens is 294 g/mol. The van der Waals surface area contributed by atoms with Crippen molar-refractivity contribution < 1.29 is 0 Å². The van der Waals surface area contributed by atoms with Crippen LogP contribution in [0.5, 0.6) is 0 Å². The lowest BCUT2D eigenvalue weighted by molar-refractivity contribution is 0.558. The summed E-state index contributed by atoms with van der Waals surface area (Å²) >= 11 is 3.50. The minimum atomic E-state index is -0.178. The van der Waals surface area contributed by atoms with E-state index >= 15 is 0 Å². The molecule has 0 aliphatic carbocycles. The van der Waals surface area contributed by atoms with Crippen LogP contribution in [0.3, 0.4) is 0 Å². The van der Waals surface area contributed by atoms with E-state index in [9.17, 15) is 0 Å². The van der Waals surface area contributed by atoms with Crippen LogP contribution in [0.15, 0.2) is 29.0 Å². The van der Waals surface area contributed by atoms with Gasteiger partial charge in [0, 0.05) is 13.2 Å². The van der Waals surface area contributed by atoms with Gasteiger partial charge in [-0.1, -0.05) is 13.0 Å². The SMILES string of the molecule is CCc1cccnc1C(NN)c1c(Br)cnn1C. The number of nitrogens with two attached hydrogens (primary N) is 1. The zero-order chi connectivity index (χ0) is 13.1. The lowest BCUT2D eigenvalue weighted by Gasteiger charge is -2.19. The van der Waals surface area contributed by atoms with Crippen LogP contribution in [-0.4, -0.2) is 14.8 Å². The van der Waals surface area contributed by atoms with Gasteiger partial charge in [-0.2, -0.15) is 5.10 Å². The Balaban J connectivity index is 2.52. The van der Waals surface area contributed by atoms with Gasteiger partial charge in [-0.3, -0.25) is 15.5 Å². The summed E-state index contributed by atoms with van der Waals surface area (Å²) in [4.78, 5) is 4.45. The number of pyridine rings is 1. The predicted molar refractivity (Wildman–Crippen MR) is 73.7 cm³/mol. The molecule has 1 unspecified atom stereocenters. The van der Waals surface area contributed by atoms with E-state index in [1.54, 1.807) is 17.1 Å². The lowest BCUT2D eigenvalue weighted by atomic mass is 10.0. The number of hydrogen-bond donors (Lipinski definition) is 2. The van der Waals surface area contributed by atoms with Crippen molar-refractivity contribution in [3.8, 4) is 0 Å². The van der Waals surface area contributed by atoms with Crippen molar-refractivity contribution in [2.75, 3.05) is 0 Å². The fourth-order valence-corrected chi connectivity index (χ4v) is 2.62. The van der Waals surface area contributed by atoms with Gasteiger partial charge in [0.15, 0.2) is 0 Å². The van der Waals surface area contributed by atoms with Gasteiger partial charge in [-0.05, 0) is 34.0 Å². The topological polar surface area (TPSA) is 68.8 Å². The summed E-state index contributed by atoms with van der Waals surface area (Å²) in [5, 5.41) is 4.21. The molecule has 0 spiro atoms. The van der Waals surface area contributed by atoms with Crippen LogP contribution >= 0.6 is 15.9 Å². The maximum Gasteiger partial charge on any atom is 0.106 e. The molecule has 0 radical (unpaired) electrons. The molecular formula is C12H16BrN5. The molecule has 18 heavy (non-hydrogen) atoms. The zero-order valence-corrected chi connectivity index (χ0v) is 12.0. The molecule has 0 saturated heterocycles. The Morgan fingerprint density at radius 3 is 2.89 bits per heavy atom. The smallest absolute Gasteiger partial charge is 0.106 e. The standard InChI is InChI=1S/C12H16BrN5/c1-3-8-5-4-6-15-10(8)11(17-14)12-9(13)7-16-18(12)2/h4-7,11,17H,3,14H2,1-2H3. The number of rotatable bonds is 4. The van der Waals surface area contributed by atoms with Crippen molar-refractivity contribution in [2.24, 2.45) is 12.9 Å². The number of nitrogens with one attached hydrogen (secondary N) is 1. The number of halogens is 1. The minimum absolute atomic E-state index is 0.178. The fraction of sp³-hybridized carbons (Fsp3) is 0.333. The molecule has 0 bridgehead atoms. The largest absolute Gasteiger partial charge is 0.270 e. The van der Waals surface area contributed by atoms with Gasteiger partial charge in [-0.25, -0.2) is 5.43 Å². The van der Waals surface area contributed by atoms with Crippen LogP contribution < -0.4 is 11.3 Å². The molecule has 2 aromatic heterocycles. The Morgan fingerprint density at radius 1 is 1.56 bits per heavy atom. The average molecular weight is 310 g/mol. The summed E-state index contributed by atoms with van der Waals surface area (Å²) in [6.07, 6.45) is 4.45. The van der Waals surface area contributed by atoms with Crippen LogP contribution in [0.1, 0.15) is 29.9 Å². The van der Waals surface area contributed by atoms with Gasteiger partial charge >= 0.3 is 0 Å². The molecule has 0 amide bonds. The number of nitrogens with zero attached hydrogens (tertiary/aromatic N) is 3. The van der Waals surface area contributed by atoms with E-state index in [2.05, 4.69) is 44.4 Å².